The second kappa shape index (κ2) is 8.96. The summed E-state index contributed by atoms with van der Waals surface area (Å²) in [6.45, 7) is 8.93. The van der Waals surface area contributed by atoms with Crippen LogP contribution < -0.4 is 0 Å². The van der Waals surface area contributed by atoms with Crippen molar-refractivity contribution in [3.8, 4) is 0 Å². The van der Waals surface area contributed by atoms with E-state index in [9.17, 15) is 25.5 Å². The van der Waals surface area contributed by atoms with E-state index in [2.05, 4.69) is 32.9 Å². The van der Waals surface area contributed by atoms with Gasteiger partial charge in [-0.05, 0) is 97.2 Å². The lowest BCUT2D eigenvalue weighted by Crippen LogP contribution is -2.59. The highest BCUT2D eigenvalue weighted by Crippen LogP contribution is 2.68. The van der Waals surface area contributed by atoms with Gasteiger partial charge in [-0.15, -0.1) is 0 Å². The van der Waals surface area contributed by atoms with E-state index in [0.717, 1.165) is 32.1 Å². The minimum Gasteiger partial charge on any atom is -0.396 e. The number of hydrogen-bond donors (Lipinski definition) is 5. The predicted molar refractivity (Wildman–Crippen MR) is 125 cm³/mol. The standard InChI is InChI=1S/C27H46O5/c1-15(14-28)6-5-7-16(2)22-24(31)25(32)23-18-13-21(30)20-12-17(29)8-10-26(20,3)19(18)9-11-27(22,23)4/h5,7,15-25,28-32H,6,8-14H2,1-4H3/b7-5+/t15-,16+,17-,18?,19?,20?,21+,22-,23?,24+,25+,26+,27+/m0/s1. The van der Waals surface area contributed by atoms with E-state index in [-0.39, 0.29) is 59.0 Å². The summed E-state index contributed by atoms with van der Waals surface area (Å²) >= 11 is 0. The average Bonchev–Trinajstić information content (AvgIpc) is 2.94. The van der Waals surface area contributed by atoms with Gasteiger partial charge in [-0.1, -0.05) is 39.8 Å². The summed E-state index contributed by atoms with van der Waals surface area (Å²) in [6.07, 6.45) is 7.99. The van der Waals surface area contributed by atoms with E-state index in [1.165, 1.54) is 0 Å². The van der Waals surface area contributed by atoms with Gasteiger partial charge in [0.15, 0.2) is 0 Å². The molecule has 0 amide bonds. The van der Waals surface area contributed by atoms with E-state index >= 15 is 0 Å². The third-order valence-electron chi connectivity index (χ3n) is 10.7. The average molecular weight is 451 g/mol. The topological polar surface area (TPSA) is 101 Å². The Morgan fingerprint density at radius 1 is 0.906 bits per heavy atom. The van der Waals surface area contributed by atoms with Gasteiger partial charge in [-0.25, -0.2) is 0 Å². The molecule has 4 saturated carbocycles. The smallest absolute Gasteiger partial charge is 0.0841 e. The van der Waals surface area contributed by atoms with Gasteiger partial charge >= 0.3 is 0 Å². The molecule has 0 bridgehead atoms. The van der Waals surface area contributed by atoms with E-state index in [1.807, 2.05) is 6.92 Å². The maximum atomic E-state index is 11.3. The molecule has 0 saturated heterocycles. The van der Waals surface area contributed by atoms with Crippen LogP contribution in [-0.2, 0) is 0 Å². The third-order valence-corrected chi connectivity index (χ3v) is 10.7. The number of aliphatic hydroxyl groups is 5. The minimum absolute atomic E-state index is 0.00238. The van der Waals surface area contributed by atoms with Crippen molar-refractivity contribution in [2.45, 2.75) is 97.1 Å². The van der Waals surface area contributed by atoms with Gasteiger partial charge < -0.3 is 25.5 Å². The first-order valence-corrected chi connectivity index (χ1v) is 13.0. The second-order valence-corrected chi connectivity index (χ2v) is 12.5. The maximum absolute atomic E-state index is 11.3. The number of rotatable bonds is 5. The molecular weight excluding hydrogens is 404 g/mol. The summed E-state index contributed by atoms with van der Waals surface area (Å²) in [5.41, 5.74) is -0.166. The van der Waals surface area contributed by atoms with Gasteiger partial charge in [0.1, 0.15) is 0 Å². The Labute approximate surface area is 193 Å². The monoisotopic (exact) mass is 450 g/mol. The van der Waals surface area contributed by atoms with Crippen molar-refractivity contribution in [1.29, 1.82) is 0 Å². The number of aliphatic hydroxyl groups excluding tert-OH is 5. The normalized spacial score (nSPS) is 52.8. The quantitative estimate of drug-likeness (QED) is 0.414. The fraction of sp³-hybridized carbons (Fsp3) is 0.926. The summed E-state index contributed by atoms with van der Waals surface area (Å²) in [4.78, 5) is 0. The Balaban J connectivity index is 1.59. The summed E-state index contributed by atoms with van der Waals surface area (Å²) in [5.74, 6) is 1.11. The molecule has 0 aromatic rings. The molecule has 0 aromatic heterocycles. The number of allylic oxidation sites excluding steroid dienone is 2. The van der Waals surface area contributed by atoms with Crippen LogP contribution in [0.4, 0.5) is 0 Å². The van der Waals surface area contributed by atoms with Crippen LogP contribution in [0.15, 0.2) is 12.2 Å². The zero-order chi connectivity index (χ0) is 23.4. The van der Waals surface area contributed by atoms with Crippen LogP contribution in [0.3, 0.4) is 0 Å². The number of fused-ring (bicyclic) bond motifs is 5. The molecule has 0 radical (unpaired) electrons. The Bertz CT molecular complexity index is 696. The fourth-order valence-electron chi connectivity index (χ4n) is 9.04. The molecular formula is C27H46O5. The lowest BCUT2D eigenvalue weighted by molar-refractivity contribution is -0.181. The molecule has 0 aliphatic heterocycles. The lowest BCUT2D eigenvalue weighted by atomic mass is 9.43. The molecule has 4 rings (SSSR count). The molecule has 0 spiro atoms. The van der Waals surface area contributed by atoms with Crippen LogP contribution in [-0.4, -0.2) is 56.6 Å². The van der Waals surface area contributed by atoms with Crippen molar-refractivity contribution in [2.75, 3.05) is 6.61 Å². The van der Waals surface area contributed by atoms with Gasteiger partial charge in [0, 0.05) is 6.61 Å². The number of hydrogen-bond acceptors (Lipinski definition) is 5. The Morgan fingerprint density at radius 2 is 1.59 bits per heavy atom. The van der Waals surface area contributed by atoms with E-state index in [0.29, 0.717) is 18.8 Å². The van der Waals surface area contributed by atoms with Crippen LogP contribution in [0.25, 0.3) is 0 Å². The van der Waals surface area contributed by atoms with Crippen LogP contribution >= 0.6 is 0 Å². The van der Waals surface area contributed by atoms with E-state index in [1.54, 1.807) is 0 Å². The molecule has 4 aliphatic rings. The highest BCUT2D eigenvalue weighted by Gasteiger charge is 2.67. The summed E-state index contributed by atoms with van der Waals surface area (Å²) < 4.78 is 0. The van der Waals surface area contributed by atoms with Crippen LogP contribution in [0.1, 0.15) is 72.6 Å². The first-order chi connectivity index (χ1) is 15.0. The molecule has 0 aromatic carbocycles. The van der Waals surface area contributed by atoms with Crippen molar-refractivity contribution in [1.82, 2.24) is 0 Å². The molecule has 4 unspecified atom stereocenters. The van der Waals surface area contributed by atoms with Gasteiger partial charge in [0.2, 0.25) is 0 Å². The SMILES string of the molecule is C[C@H](CO)C/C=C/[C@@H](C)[C@H]1[C@@H](O)[C@H](O)C2C3C[C@@H](O)C4C[C@@H](O)CC[C@]4(C)C3CC[C@@]21C. The molecule has 32 heavy (non-hydrogen) atoms. The fourth-order valence-corrected chi connectivity index (χ4v) is 9.04. The molecule has 4 aliphatic carbocycles. The van der Waals surface area contributed by atoms with Crippen molar-refractivity contribution in [3.05, 3.63) is 12.2 Å². The first-order valence-electron chi connectivity index (χ1n) is 13.0. The predicted octanol–water partition coefficient (Wildman–Crippen LogP) is 3.13. The summed E-state index contributed by atoms with van der Waals surface area (Å²) in [7, 11) is 0. The van der Waals surface area contributed by atoms with Gasteiger partial charge in [-0.2, -0.15) is 0 Å². The second-order valence-electron chi connectivity index (χ2n) is 12.5. The van der Waals surface area contributed by atoms with Crippen LogP contribution in [0.5, 0.6) is 0 Å². The Hall–Kier alpha value is -0.460. The zero-order valence-electron chi connectivity index (χ0n) is 20.4. The summed E-state index contributed by atoms with van der Waals surface area (Å²) in [5, 5.41) is 53.3. The van der Waals surface area contributed by atoms with Gasteiger partial charge in [0.05, 0.1) is 24.4 Å². The highest BCUT2D eigenvalue weighted by atomic mass is 16.3. The largest absolute Gasteiger partial charge is 0.396 e. The maximum Gasteiger partial charge on any atom is 0.0841 e. The molecule has 5 heteroatoms. The Kier molecular flexibility index (Phi) is 6.90. The van der Waals surface area contributed by atoms with Gasteiger partial charge in [-0.3, -0.25) is 0 Å². The Morgan fingerprint density at radius 3 is 2.28 bits per heavy atom. The van der Waals surface area contributed by atoms with Crippen molar-refractivity contribution >= 4 is 0 Å². The molecule has 4 fully saturated rings. The summed E-state index contributed by atoms with van der Waals surface area (Å²) in [6, 6.07) is 0. The van der Waals surface area contributed by atoms with E-state index < -0.39 is 18.3 Å². The van der Waals surface area contributed by atoms with Crippen molar-refractivity contribution in [2.24, 2.45) is 52.3 Å². The lowest BCUT2D eigenvalue weighted by Gasteiger charge is -2.62. The highest BCUT2D eigenvalue weighted by molar-refractivity contribution is 5.17. The first kappa shape index (κ1) is 24.7. The van der Waals surface area contributed by atoms with Gasteiger partial charge in [0.25, 0.3) is 0 Å². The van der Waals surface area contributed by atoms with Crippen LogP contribution in [0, 0.1) is 52.3 Å². The third kappa shape index (κ3) is 3.80. The molecule has 184 valence electrons. The van der Waals surface area contributed by atoms with Crippen LogP contribution in [0.2, 0.25) is 0 Å². The molecule has 5 nitrogen and oxygen atoms in total. The molecule has 5 N–H and O–H groups in total. The molecule has 13 atom stereocenters. The van der Waals surface area contributed by atoms with E-state index in [4.69, 9.17) is 0 Å². The molecule has 0 heterocycles. The minimum atomic E-state index is -0.758. The van der Waals surface area contributed by atoms with Crippen molar-refractivity contribution in [3.63, 3.8) is 0 Å². The van der Waals surface area contributed by atoms with Crippen molar-refractivity contribution < 1.29 is 25.5 Å². The zero-order valence-corrected chi connectivity index (χ0v) is 20.4.